The van der Waals surface area contributed by atoms with Crippen molar-refractivity contribution >= 4 is 63.4 Å². The molecule has 4 aromatic rings. The van der Waals surface area contributed by atoms with Crippen LogP contribution < -0.4 is 0 Å². The molecule has 0 fully saturated rings. The Bertz CT molecular complexity index is 1440. The Labute approximate surface area is 204 Å². The van der Waals surface area contributed by atoms with E-state index in [1.165, 1.54) is 4.57 Å². The van der Waals surface area contributed by atoms with E-state index in [0.717, 1.165) is 4.90 Å². The maximum Gasteiger partial charge on any atom is 0.278 e. The van der Waals surface area contributed by atoms with Gasteiger partial charge < -0.3 is 0 Å². The highest BCUT2D eigenvalue weighted by molar-refractivity contribution is 6.32. The Morgan fingerprint density at radius 3 is 1.88 bits per heavy atom. The van der Waals surface area contributed by atoms with E-state index < -0.39 is 17.7 Å². The van der Waals surface area contributed by atoms with Gasteiger partial charge in [-0.25, -0.2) is 0 Å². The SMILES string of the molecule is O=C(c1ccc(Cl)cc1)N1CCc2c(n(C(=O)c3ccc(Cl)cc3)c3ccc(Cl)cc23)C1=O. The van der Waals surface area contributed by atoms with E-state index in [1.54, 1.807) is 66.7 Å². The van der Waals surface area contributed by atoms with Crippen LogP contribution >= 0.6 is 34.8 Å². The van der Waals surface area contributed by atoms with Gasteiger partial charge in [-0.2, -0.15) is 0 Å². The molecule has 0 atom stereocenters. The highest BCUT2D eigenvalue weighted by atomic mass is 35.5. The average Bonchev–Trinajstić information content (AvgIpc) is 3.14. The summed E-state index contributed by atoms with van der Waals surface area (Å²) in [6, 6.07) is 17.9. The number of carbonyl (C=O) groups is 3. The first-order valence-corrected chi connectivity index (χ1v) is 11.2. The standard InChI is InChI=1S/C25H15Cl3N2O3/c26-16-5-1-14(2-6-16)23(31)29-12-11-19-20-13-18(28)9-10-21(20)30(22(19)25(29)33)24(32)15-3-7-17(27)8-4-15/h1-10,13H,11-12H2. The third-order valence-electron chi connectivity index (χ3n) is 5.70. The number of rotatable bonds is 2. The lowest BCUT2D eigenvalue weighted by molar-refractivity contribution is 0.0593. The molecule has 0 radical (unpaired) electrons. The minimum absolute atomic E-state index is 0.167. The minimum atomic E-state index is -0.536. The summed E-state index contributed by atoms with van der Waals surface area (Å²) >= 11 is 18.1. The van der Waals surface area contributed by atoms with Crippen molar-refractivity contribution in [2.45, 2.75) is 6.42 Å². The average molecular weight is 498 g/mol. The molecule has 2 heterocycles. The van der Waals surface area contributed by atoms with Crippen LogP contribution in [0.25, 0.3) is 10.9 Å². The quantitative estimate of drug-likeness (QED) is 0.313. The molecule has 164 valence electrons. The fourth-order valence-electron chi connectivity index (χ4n) is 4.13. The third kappa shape index (κ3) is 3.72. The van der Waals surface area contributed by atoms with E-state index in [4.69, 9.17) is 34.8 Å². The zero-order valence-corrected chi connectivity index (χ0v) is 19.3. The number of benzene rings is 3. The summed E-state index contributed by atoms with van der Waals surface area (Å²) in [6.45, 7) is 0.189. The third-order valence-corrected chi connectivity index (χ3v) is 6.44. The molecular weight excluding hydrogens is 483 g/mol. The highest BCUT2D eigenvalue weighted by Gasteiger charge is 2.36. The molecule has 5 nitrogen and oxygen atoms in total. The van der Waals surface area contributed by atoms with Crippen LogP contribution in [-0.2, 0) is 6.42 Å². The van der Waals surface area contributed by atoms with Crippen molar-refractivity contribution in [3.63, 3.8) is 0 Å². The van der Waals surface area contributed by atoms with Crippen LogP contribution in [0, 0.1) is 0 Å². The molecule has 2 amide bonds. The predicted octanol–water partition coefficient (Wildman–Crippen LogP) is 6.13. The smallest absolute Gasteiger partial charge is 0.273 e. The van der Waals surface area contributed by atoms with Crippen molar-refractivity contribution in [1.29, 1.82) is 0 Å². The molecule has 33 heavy (non-hydrogen) atoms. The molecular formula is C25H15Cl3N2O3. The van der Waals surface area contributed by atoms with Crippen molar-refractivity contribution in [2.75, 3.05) is 6.54 Å². The maximum atomic E-state index is 13.6. The zero-order valence-electron chi connectivity index (χ0n) is 17.0. The molecule has 8 heteroatoms. The molecule has 1 aromatic heterocycles. The second-order valence-corrected chi connectivity index (χ2v) is 8.96. The Balaban J connectivity index is 1.66. The van der Waals surface area contributed by atoms with Gasteiger partial charge in [-0.05, 0) is 78.7 Å². The first-order valence-electron chi connectivity index (χ1n) is 10.1. The number of hydrogen-bond donors (Lipinski definition) is 0. The zero-order chi connectivity index (χ0) is 23.3. The molecule has 5 rings (SSSR count). The number of aromatic nitrogens is 1. The van der Waals surface area contributed by atoms with Gasteiger partial charge in [0.2, 0.25) is 0 Å². The van der Waals surface area contributed by atoms with Gasteiger partial charge in [0.1, 0.15) is 5.69 Å². The first-order chi connectivity index (χ1) is 15.8. The van der Waals surface area contributed by atoms with Gasteiger partial charge in [0.15, 0.2) is 0 Å². The molecule has 3 aromatic carbocycles. The first kappa shape index (κ1) is 21.7. The van der Waals surface area contributed by atoms with Crippen LogP contribution in [0.4, 0.5) is 0 Å². The summed E-state index contributed by atoms with van der Waals surface area (Å²) in [5.41, 5.74) is 2.12. The van der Waals surface area contributed by atoms with Crippen LogP contribution in [0.2, 0.25) is 15.1 Å². The van der Waals surface area contributed by atoms with E-state index in [9.17, 15) is 14.4 Å². The van der Waals surface area contributed by atoms with E-state index in [0.29, 0.717) is 49.1 Å². The Morgan fingerprint density at radius 1 is 0.727 bits per heavy atom. The van der Waals surface area contributed by atoms with E-state index in [-0.39, 0.29) is 12.2 Å². The molecule has 1 aliphatic rings. The maximum absolute atomic E-state index is 13.6. The normalized spacial score (nSPS) is 13.3. The molecule has 0 saturated carbocycles. The predicted molar refractivity (Wildman–Crippen MR) is 129 cm³/mol. The van der Waals surface area contributed by atoms with Crippen LogP contribution in [0.3, 0.4) is 0 Å². The number of imide groups is 1. The van der Waals surface area contributed by atoms with Gasteiger partial charge in [0, 0.05) is 38.1 Å². The molecule has 0 bridgehead atoms. The largest absolute Gasteiger partial charge is 0.278 e. The van der Waals surface area contributed by atoms with Crippen molar-refractivity contribution in [3.8, 4) is 0 Å². The van der Waals surface area contributed by atoms with Gasteiger partial charge >= 0.3 is 0 Å². The lowest BCUT2D eigenvalue weighted by Crippen LogP contribution is -2.43. The van der Waals surface area contributed by atoms with Gasteiger partial charge in [0.25, 0.3) is 17.7 Å². The number of fused-ring (bicyclic) bond motifs is 3. The van der Waals surface area contributed by atoms with Crippen molar-refractivity contribution in [1.82, 2.24) is 9.47 Å². The molecule has 0 N–H and O–H groups in total. The number of halogens is 3. The Morgan fingerprint density at radius 2 is 1.27 bits per heavy atom. The fraction of sp³-hybridized carbons (Fsp3) is 0.0800. The molecule has 1 aliphatic heterocycles. The lowest BCUT2D eigenvalue weighted by atomic mass is 10.0. The second kappa shape index (κ2) is 8.34. The molecule has 0 unspecified atom stereocenters. The summed E-state index contributed by atoms with van der Waals surface area (Å²) in [4.78, 5) is 41.4. The summed E-state index contributed by atoms with van der Waals surface area (Å²) in [7, 11) is 0. The highest BCUT2D eigenvalue weighted by Crippen LogP contribution is 2.34. The van der Waals surface area contributed by atoms with Crippen molar-refractivity contribution < 1.29 is 14.4 Å². The Hall–Kier alpha value is -3.12. The van der Waals surface area contributed by atoms with E-state index in [1.807, 2.05) is 0 Å². The van der Waals surface area contributed by atoms with Crippen LogP contribution in [0.5, 0.6) is 0 Å². The summed E-state index contributed by atoms with van der Waals surface area (Å²) < 4.78 is 1.37. The number of nitrogens with zero attached hydrogens (tertiary/aromatic N) is 2. The van der Waals surface area contributed by atoms with E-state index in [2.05, 4.69) is 0 Å². The summed E-state index contributed by atoms with van der Waals surface area (Å²) in [5, 5.41) is 2.19. The Kier molecular flexibility index (Phi) is 5.49. The topological polar surface area (TPSA) is 59.4 Å². The van der Waals surface area contributed by atoms with Gasteiger partial charge in [-0.1, -0.05) is 34.8 Å². The van der Waals surface area contributed by atoms with Crippen molar-refractivity contribution in [2.24, 2.45) is 0 Å². The number of amides is 2. The van der Waals surface area contributed by atoms with E-state index >= 15 is 0 Å². The summed E-state index contributed by atoms with van der Waals surface area (Å²) in [5.74, 6) is -1.38. The van der Waals surface area contributed by atoms with Gasteiger partial charge in [0.05, 0.1) is 5.52 Å². The molecule has 0 saturated heterocycles. The molecule has 0 spiro atoms. The van der Waals surface area contributed by atoms with Gasteiger partial charge in [-0.15, -0.1) is 0 Å². The van der Waals surface area contributed by atoms with Crippen LogP contribution in [-0.4, -0.2) is 33.7 Å². The lowest BCUT2D eigenvalue weighted by Gasteiger charge is -2.26. The van der Waals surface area contributed by atoms with Gasteiger partial charge in [-0.3, -0.25) is 23.9 Å². The fourth-order valence-corrected chi connectivity index (χ4v) is 4.56. The number of carbonyl (C=O) groups excluding carboxylic acids is 3. The van der Waals surface area contributed by atoms with Crippen LogP contribution in [0.1, 0.15) is 36.8 Å². The summed E-state index contributed by atoms with van der Waals surface area (Å²) in [6.07, 6.45) is 0.401. The second-order valence-electron chi connectivity index (χ2n) is 7.65. The van der Waals surface area contributed by atoms with Crippen molar-refractivity contribution in [3.05, 3.63) is 104 Å². The monoisotopic (exact) mass is 496 g/mol. The number of hydrogen-bond acceptors (Lipinski definition) is 3. The molecule has 0 aliphatic carbocycles. The minimum Gasteiger partial charge on any atom is -0.273 e. The van der Waals surface area contributed by atoms with Crippen LogP contribution in [0.15, 0.2) is 66.7 Å².